The van der Waals surface area contributed by atoms with Crippen LogP contribution < -0.4 is 5.32 Å². The van der Waals surface area contributed by atoms with Gasteiger partial charge < -0.3 is 0 Å². The average Bonchev–Trinajstić information content (AvgIpc) is 3.08. The molecule has 2 aromatic carbocycles. The Labute approximate surface area is 168 Å². The Kier molecular flexibility index (Phi) is 5.85. The number of hydrogen-bond donors (Lipinski definition) is 1. The number of nitro benzene ring substituents is 1. The van der Waals surface area contributed by atoms with Crippen molar-refractivity contribution in [2.75, 3.05) is 5.32 Å². The van der Waals surface area contributed by atoms with Gasteiger partial charge in [-0.05, 0) is 29.8 Å². The average molecular weight is 420 g/mol. The lowest BCUT2D eigenvalue weighted by Crippen LogP contribution is -2.07. The molecule has 1 heterocycles. The Morgan fingerprint density at radius 2 is 2.04 bits per heavy atom. The lowest BCUT2D eigenvalue weighted by molar-refractivity contribution is -0.384. The molecule has 0 spiro atoms. The second-order valence-electron chi connectivity index (χ2n) is 5.34. The summed E-state index contributed by atoms with van der Waals surface area (Å²) in [4.78, 5) is 26.7. The Morgan fingerprint density at radius 3 is 2.78 bits per heavy atom. The fourth-order valence-corrected chi connectivity index (χ4v) is 3.43. The number of nitrogens with one attached hydrogen (secondary N) is 1. The molecule has 0 radical (unpaired) electrons. The summed E-state index contributed by atoms with van der Waals surface area (Å²) in [5, 5.41) is 16.6. The number of carbonyl (C=O) groups excluding carboxylic acids is 1. The van der Waals surface area contributed by atoms with Gasteiger partial charge in [-0.2, -0.15) is 0 Å². The van der Waals surface area contributed by atoms with Crippen LogP contribution in [-0.2, 0) is 4.79 Å². The number of benzene rings is 2. The van der Waals surface area contributed by atoms with E-state index >= 15 is 0 Å². The van der Waals surface area contributed by atoms with Crippen LogP contribution in [0, 0.1) is 10.1 Å². The first-order chi connectivity index (χ1) is 12.9. The molecule has 3 aromatic rings. The van der Waals surface area contributed by atoms with Crippen LogP contribution in [0.3, 0.4) is 0 Å². The third-order valence-electron chi connectivity index (χ3n) is 3.45. The second-order valence-corrected chi connectivity index (χ2v) is 7.04. The summed E-state index contributed by atoms with van der Waals surface area (Å²) in [6.45, 7) is 0. The molecule has 0 saturated heterocycles. The fraction of sp³-hybridized carbons (Fsp3) is 0. The van der Waals surface area contributed by atoms with E-state index in [1.165, 1.54) is 35.6 Å². The van der Waals surface area contributed by atoms with Crippen LogP contribution in [0.4, 0.5) is 10.8 Å². The number of amides is 1. The van der Waals surface area contributed by atoms with E-state index in [2.05, 4.69) is 10.3 Å². The van der Waals surface area contributed by atoms with Crippen molar-refractivity contribution in [3.8, 4) is 11.3 Å². The summed E-state index contributed by atoms with van der Waals surface area (Å²) in [7, 11) is 0. The molecular weight excluding hydrogens is 409 g/mol. The lowest BCUT2D eigenvalue weighted by atomic mass is 10.2. The molecule has 3 rings (SSSR count). The predicted octanol–water partition coefficient (Wildman–Crippen LogP) is 5.68. The van der Waals surface area contributed by atoms with Crippen LogP contribution in [0.25, 0.3) is 17.3 Å². The van der Waals surface area contributed by atoms with Crippen LogP contribution >= 0.6 is 34.5 Å². The van der Waals surface area contributed by atoms with Crippen LogP contribution in [0.1, 0.15) is 5.56 Å². The van der Waals surface area contributed by atoms with Crippen LogP contribution in [0.2, 0.25) is 10.0 Å². The molecule has 136 valence electrons. The van der Waals surface area contributed by atoms with Crippen molar-refractivity contribution in [1.29, 1.82) is 0 Å². The molecule has 0 saturated carbocycles. The van der Waals surface area contributed by atoms with Crippen molar-refractivity contribution in [1.82, 2.24) is 4.98 Å². The van der Waals surface area contributed by atoms with Crippen LogP contribution in [0.15, 0.2) is 53.9 Å². The van der Waals surface area contributed by atoms with Gasteiger partial charge >= 0.3 is 0 Å². The molecule has 0 atom stereocenters. The molecule has 6 nitrogen and oxygen atoms in total. The number of anilines is 1. The van der Waals surface area contributed by atoms with E-state index in [-0.39, 0.29) is 5.69 Å². The molecule has 0 aliphatic rings. The minimum atomic E-state index is -0.490. The minimum absolute atomic E-state index is 0.0398. The van der Waals surface area contributed by atoms with Gasteiger partial charge in [-0.25, -0.2) is 4.98 Å². The smallest absolute Gasteiger partial charge is 0.270 e. The standard InChI is InChI=1S/C18H11Cl2N3O3S/c19-12-5-6-14(15(20)9-12)16-10-27-18(21-16)22-17(24)7-4-11-2-1-3-13(8-11)23(25)26/h1-10H,(H,21,22,24)/b7-4-. The van der Waals surface area contributed by atoms with E-state index in [4.69, 9.17) is 23.2 Å². The highest BCUT2D eigenvalue weighted by Gasteiger charge is 2.10. The van der Waals surface area contributed by atoms with E-state index in [9.17, 15) is 14.9 Å². The molecule has 0 fully saturated rings. The third-order valence-corrected chi connectivity index (χ3v) is 4.76. The highest BCUT2D eigenvalue weighted by atomic mass is 35.5. The maximum atomic E-state index is 12.1. The SMILES string of the molecule is O=C(/C=C\c1cccc([N+](=O)[O-])c1)Nc1nc(-c2ccc(Cl)cc2Cl)cs1. The van der Waals surface area contributed by atoms with Crippen molar-refractivity contribution in [3.05, 3.63) is 79.6 Å². The Morgan fingerprint density at radius 1 is 1.22 bits per heavy atom. The summed E-state index contributed by atoms with van der Waals surface area (Å²) in [6.07, 6.45) is 2.78. The predicted molar refractivity (Wildman–Crippen MR) is 108 cm³/mol. The molecule has 9 heteroatoms. The number of non-ortho nitro benzene ring substituents is 1. The van der Waals surface area contributed by atoms with E-state index in [1.807, 2.05) is 0 Å². The summed E-state index contributed by atoms with van der Waals surface area (Å²) in [5.74, 6) is -0.399. The maximum absolute atomic E-state index is 12.1. The minimum Gasteiger partial charge on any atom is -0.298 e. The molecule has 0 bridgehead atoms. The number of hydrogen-bond acceptors (Lipinski definition) is 5. The van der Waals surface area contributed by atoms with Crippen molar-refractivity contribution >= 4 is 57.3 Å². The maximum Gasteiger partial charge on any atom is 0.270 e. The highest BCUT2D eigenvalue weighted by Crippen LogP contribution is 2.32. The van der Waals surface area contributed by atoms with Gasteiger partial charge in [0.2, 0.25) is 5.91 Å². The van der Waals surface area contributed by atoms with Crippen molar-refractivity contribution < 1.29 is 9.72 Å². The first-order valence-corrected chi connectivity index (χ1v) is 9.20. The van der Waals surface area contributed by atoms with Crippen LogP contribution in [-0.4, -0.2) is 15.8 Å². The molecule has 1 aromatic heterocycles. The van der Waals surface area contributed by atoms with E-state index < -0.39 is 10.8 Å². The molecule has 27 heavy (non-hydrogen) atoms. The lowest BCUT2D eigenvalue weighted by Gasteiger charge is -2.01. The fourth-order valence-electron chi connectivity index (χ4n) is 2.21. The van der Waals surface area contributed by atoms with Gasteiger partial charge in [0.25, 0.3) is 5.69 Å². The van der Waals surface area contributed by atoms with Gasteiger partial charge in [0.05, 0.1) is 15.6 Å². The van der Waals surface area contributed by atoms with Gasteiger partial charge in [-0.1, -0.05) is 35.3 Å². The summed E-state index contributed by atoms with van der Waals surface area (Å²) >= 11 is 13.3. The second kappa shape index (κ2) is 8.30. The van der Waals surface area contributed by atoms with Gasteiger partial charge in [0.15, 0.2) is 5.13 Å². The van der Waals surface area contributed by atoms with Gasteiger partial charge in [-0.15, -0.1) is 11.3 Å². The zero-order chi connectivity index (χ0) is 19.4. The van der Waals surface area contributed by atoms with Gasteiger partial charge in [-0.3, -0.25) is 20.2 Å². The Hall–Kier alpha value is -2.74. The van der Waals surface area contributed by atoms with Crippen molar-refractivity contribution in [2.45, 2.75) is 0 Å². The summed E-state index contributed by atoms with van der Waals surface area (Å²) < 4.78 is 0. The number of thiazole rings is 1. The zero-order valence-corrected chi connectivity index (χ0v) is 15.9. The summed E-state index contributed by atoms with van der Waals surface area (Å²) in [5.41, 5.74) is 1.85. The first-order valence-electron chi connectivity index (χ1n) is 7.57. The highest BCUT2D eigenvalue weighted by molar-refractivity contribution is 7.14. The molecular formula is C18H11Cl2N3O3S. The monoisotopic (exact) mass is 419 g/mol. The first kappa shape index (κ1) is 19.0. The number of carbonyl (C=O) groups is 1. The topological polar surface area (TPSA) is 85.1 Å². The Balaban J connectivity index is 1.69. The van der Waals surface area contributed by atoms with Gasteiger partial charge in [0, 0.05) is 34.2 Å². The van der Waals surface area contributed by atoms with Gasteiger partial charge in [0.1, 0.15) is 0 Å². The normalized spacial score (nSPS) is 10.9. The molecule has 0 unspecified atom stereocenters. The number of rotatable bonds is 5. The zero-order valence-electron chi connectivity index (χ0n) is 13.6. The summed E-state index contributed by atoms with van der Waals surface area (Å²) in [6, 6.07) is 11.1. The van der Waals surface area contributed by atoms with E-state index in [0.29, 0.717) is 32.0 Å². The molecule has 0 aliphatic carbocycles. The quantitative estimate of drug-likeness (QED) is 0.327. The number of nitro groups is 1. The van der Waals surface area contributed by atoms with Crippen molar-refractivity contribution in [3.63, 3.8) is 0 Å². The number of halogens is 2. The molecule has 1 amide bonds. The van der Waals surface area contributed by atoms with E-state index in [0.717, 1.165) is 0 Å². The third kappa shape index (κ3) is 4.91. The largest absolute Gasteiger partial charge is 0.298 e. The van der Waals surface area contributed by atoms with Crippen molar-refractivity contribution in [2.24, 2.45) is 0 Å². The number of aromatic nitrogens is 1. The van der Waals surface area contributed by atoms with E-state index in [1.54, 1.807) is 35.7 Å². The number of nitrogens with zero attached hydrogens (tertiary/aromatic N) is 2. The Bertz CT molecular complexity index is 1050. The molecule has 0 aliphatic heterocycles. The van der Waals surface area contributed by atoms with Crippen LogP contribution in [0.5, 0.6) is 0 Å². The molecule has 1 N–H and O–H groups in total.